The predicted molar refractivity (Wildman–Crippen MR) is 116 cm³/mol. The Morgan fingerprint density at radius 1 is 1.28 bits per heavy atom. The van der Waals surface area contributed by atoms with Crippen LogP contribution >= 0.6 is 0 Å². The van der Waals surface area contributed by atoms with Gasteiger partial charge in [0.15, 0.2) is 11.6 Å². The Morgan fingerprint density at radius 2 is 2.06 bits per heavy atom. The number of urea groups is 1. The molecule has 2 N–H and O–H groups in total. The number of carbonyl (C=O) groups is 2. The summed E-state index contributed by atoms with van der Waals surface area (Å²) in [6.45, 7) is 3.95. The number of phenols is 1. The number of nitrogens with one attached hydrogen (secondary N) is 1. The Kier molecular flexibility index (Phi) is 4.44. The van der Waals surface area contributed by atoms with Gasteiger partial charge in [0.1, 0.15) is 17.3 Å². The number of aromatic nitrogens is 1. The molecule has 32 heavy (non-hydrogen) atoms. The van der Waals surface area contributed by atoms with Crippen LogP contribution in [-0.2, 0) is 11.2 Å². The lowest BCUT2D eigenvalue weighted by Gasteiger charge is -2.42. The Hall–Kier alpha value is -3.55. The predicted octanol–water partition coefficient (Wildman–Crippen LogP) is 4.10. The average Bonchev–Trinajstić information content (AvgIpc) is 3.21. The maximum Gasteiger partial charge on any atom is 0.328 e. The van der Waals surface area contributed by atoms with Gasteiger partial charge >= 0.3 is 6.03 Å². The van der Waals surface area contributed by atoms with E-state index in [0.717, 1.165) is 0 Å². The molecule has 0 bridgehead atoms. The summed E-state index contributed by atoms with van der Waals surface area (Å²) in [7, 11) is 1.41. The van der Waals surface area contributed by atoms with Crippen molar-refractivity contribution in [3.05, 3.63) is 59.0 Å². The first kappa shape index (κ1) is 20.4. The maximum absolute atomic E-state index is 15.4. The van der Waals surface area contributed by atoms with Crippen LogP contribution in [0.15, 0.2) is 36.4 Å². The summed E-state index contributed by atoms with van der Waals surface area (Å²) in [6, 6.07) is 8.81. The van der Waals surface area contributed by atoms with E-state index in [9.17, 15) is 14.7 Å². The van der Waals surface area contributed by atoms with E-state index in [-0.39, 0.29) is 29.9 Å². The summed E-state index contributed by atoms with van der Waals surface area (Å²) in [5, 5.41) is 10.5. The number of fused-ring (bicyclic) bond motifs is 4. The van der Waals surface area contributed by atoms with Crippen molar-refractivity contribution in [1.29, 1.82) is 0 Å². The number of rotatable bonds is 4. The van der Waals surface area contributed by atoms with Crippen molar-refractivity contribution in [1.82, 2.24) is 14.8 Å². The van der Waals surface area contributed by atoms with Crippen LogP contribution in [0, 0.1) is 5.82 Å². The second-order valence-electron chi connectivity index (χ2n) is 8.58. The van der Waals surface area contributed by atoms with Crippen LogP contribution in [0.2, 0.25) is 0 Å². The van der Waals surface area contributed by atoms with Crippen molar-refractivity contribution in [3.8, 4) is 11.5 Å². The third-order valence-corrected chi connectivity index (χ3v) is 6.58. The molecule has 0 unspecified atom stereocenters. The molecule has 166 valence electrons. The largest absolute Gasteiger partial charge is 0.508 e. The van der Waals surface area contributed by atoms with Crippen LogP contribution in [-0.4, -0.2) is 51.0 Å². The number of carbonyl (C=O) groups excluding carboxylic acids is 2. The van der Waals surface area contributed by atoms with Gasteiger partial charge in [0.05, 0.1) is 7.11 Å². The number of aromatic hydroxyl groups is 1. The zero-order valence-corrected chi connectivity index (χ0v) is 18.1. The number of phenolic OH excluding ortho intramolecular Hbond substituents is 1. The summed E-state index contributed by atoms with van der Waals surface area (Å²) in [4.78, 5) is 33.1. The average molecular weight is 437 g/mol. The number of imide groups is 1. The minimum atomic E-state index is -1.18. The van der Waals surface area contributed by atoms with Gasteiger partial charge < -0.3 is 14.8 Å². The van der Waals surface area contributed by atoms with Crippen LogP contribution in [0.25, 0.3) is 10.9 Å². The highest BCUT2D eigenvalue weighted by molar-refractivity contribution is 6.08. The number of hydrogen-bond donors (Lipinski definition) is 2. The Balaban J connectivity index is 1.81. The van der Waals surface area contributed by atoms with Crippen molar-refractivity contribution in [2.75, 3.05) is 13.7 Å². The van der Waals surface area contributed by atoms with Crippen molar-refractivity contribution >= 4 is 22.8 Å². The molecule has 7 nitrogen and oxygen atoms in total. The molecule has 0 radical (unpaired) electrons. The molecule has 3 heterocycles. The molecule has 5 rings (SSSR count). The minimum Gasteiger partial charge on any atom is -0.508 e. The summed E-state index contributed by atoms with van der Waals surface area (Å²) < 4.78 is 20.5. The van der Waals surface area contributed by atoms with Crippen molar-refractivity contribution in [3.63, 3.8) is 0 Å². The summed E-state index contributed by atoms with van der Waals surface area (Å²) >= 11 is 0. The molecule has 0 spiro atoms. The van der Waals surface area contributed by atoms with Crippen LogP contribution in [0.1, 0.15) is 43.1 Å². The lowest BCUT2D eigenvalue weighted by Crippen LogP contribution is -2.53. The van der Waals surface area contributed by atoms with Crippen LogP contribution in [0.5, 0.6) is 11.5 Å². The Labute approximate surface area is 184 Å². The number of hydrogen-bond acceptors (Lipinski definition) is 4. The number of nitrogens with zero attached hydrogens (tertiary/aromatic N) is 2. The zero-order chi connectivity index (χ0) is 22.8. The summed E-state index contributed by atoms with van der Waals surface area (Å²) in [5.74, 6) is -0.639. The Bertz CT molecular complexity index is 1270. The quantitative estimate of drug-likeness (QED) is 0.602. The second kappa shape index (κ2) is 6.98. The number of halogens is 1. The van der Waals surface area contributed by atoms with Gasteiger partial charge in [-0.2, -0.15) is 0 Å². The molecule has 2 aliphatic heterocycles. The number of amides is 3. The molecule has 2 atom stereocenters. The normalized spacial score (nSPS) is 22.4. The highest BCUT2D eigenvalue weighted by Gasteiger charge is 2.60. The van der Waals surface area contributed by atoms with Crippen molar-refractivity contribution in [2.45, 2.75) is 38.3 Å². The first-order valence-corrected chi connectivity index (χ1v) is 10.6. The van der Waals surface area contributed by atoms with E-state index >= 15 is 4.39 Å². The number of aromatic amines is 1. The first-order valence-electron chi connectivity index (χ1n) is 10.6. The van der Waals surface area contributed by atoms with Crippen LogP contribution < -0.4 is 4.74 Å². The highest BCUT2D eigenvalue weighted by Crippen LogP contribution is 2.49. The molecule has 3 amide bonds. The zero-order valence-electron chi connectivity index (χ0n) is 18.1. The smallest absolute Gasteiger partial charge is 0.328 e. The maximum atomic E-state index is 15.4. The summed E-state index contributed by atoms with van der Waals surface area (Å²) in [5.41, 5.74) is 1.29. The number of ether oxygens (including phenoxy) is 1. The second-order valence-corrected chi connectivity index (χ2v) is 8.58. The molecular weight excluding hydrogens is 413 g/mol. The first-order chi connectivity index (χ1) is 15.3. The summed E-state index contributed by atoms with van der Waals surface area (Å²) in [6.07, 6.45) is 0.810. The molecule has 1 aromatic heterocycles. The molecule has 0 saturated carbocycles. The van der Waals surface area contributed by atoms with E-state index in [1.54, 1.807) is 48.2 Å². The highest BCUT2D eigenvalue weighted by atomic mass is 19.1. The Morgan fingerprint density at radius 3 is 2.75 bits per heavy atom. The van der Waals surface area contributed by atoms with E-state index in [1.807, 2.05) is 6.92 Å². The third kappa shape index (κ3) is 2.58. The van der Waals surface area contributed by atoms with Gasteiger partial charge in [-0.1, -0.05) is 19.1 Å². The molecule has 2 aromatic carbocycles. The molecule has 1 saturated heterocycles. The topological polar surface area (TPSA) is 85.9 Å². The number of H-pyrrole nitrogens is 1. The number of methoxy groups -OCH3 is 1. The molecule has 8 heteroatoms. The van der Waals surface area contributed by atoms with E-state index < -0.39 is 17.4 Å². The van der Waals surface area contributed by atoms with Gasteiger partial charge in [-0.15, -0.1) is 0 Å². The van der Waals surface area contributed by atoms with Gasteiger partial charge in [0.25, 0.3) is 5.91 Å². The van der Waals surface area contributed by atoms with Gasteiger partial charge in [-0.05, 0) is 48.7 Å². The fourth-order valence-electron chi connectivity index (χ4n) is 5.17. The van der Waals surface area contributed by atoms with E-state index in [4.69, 9.17) is 4.74 Å². The SMILES string of the molecule is CCCN1C(=O)N2[C@H](c3cccc(O)c3)c3[nH]c4ccc(OC)c(F)c4c3C[C@@]2(C)C1=O. The number of benzene rings is 2. The van der Waals surface area contributed by atoms with Gasteiger partial charge in [-0.25, -0.2) is 9.18 Å². The molecule has 1 fully saturated rings. The van der Waals surface area contributed by atoms with Crippen LogP contribution in [0.4, 0.5) is 9.18 Å². The van der Waals surface area contributed by atoms with Crippen molar-refractivity contribution < 1.29 is 23.8 Å². The van der Waals surface area contributed by atoms with Gasteiger partial charge in [0.2, 0.25) is 0 Å². The van der Waals surface area contributed by atoms with Crippen LogP contribution in [0.3, 0.4) is 0 Å². The monoisotopic (exact) mass is 437 g/mol. The van der Waals surface area contributed by atoms with E-state index in [1.165, 1.54) is 12.0 Å². The fourth-order valence-corrected chi connectivity index (χ4v) is 5.17. The van der Waals surface area contributed by atoms with Crippen molar-refractivity contribution in [2.24, 2.45) is 0 Å². The van der Waals surface area contributed by atoms with E-state index in [0.29, 0.717) is 40.7 Å². The van der Waals surface area contributed by atoms with E-state index in [2.05, 4.69) is 4.98 Å². The molecular formula is C24H24FN3O4. The lowest BCUT2D eigenvalue weighted by molar-refractivity contribution is -0.133. The minimum absolute atomic E-state index is 0.0451. The van der Waals surface area contributed by atoms with Gasteiger partial charge in [-0.3, -0.25) is 14.6 Å². The fraction of sp³-hybridized carbons (Fsp3) is 0.333. The molecule has 3 aromatic rings. The third-order valence-electron chi connectivity index (χ3n) is 6.58. The standard InChI is InChI=1S/C24H24FN3O4/c1-4-10-27-22(30)24(2)12-15-18-16(8-9-17(32-3)19(18)25)26-20(15)21(28(24)23(27)31)13-6-5-7-14(29)11-13/h5-9,11,21,26,29H,4,10,12H2,1-3H3/t21-,24+/m1/s1. The van der Waals surface area contributed by atoms with Gasteiger partial charge in [0, 0.05) is 29.6 Å². The lowest BCUT2D eigenvalue weighted by atomic mass is 9.81. The molecule has 0 aliphatic carbocycles. The molecule has 2 aliphatic rings.